The van der Waals surface area contributed by atoms with Gasteiger partial charge in [0.25, 0.3) is 0 Å². The molecule has 170 valence electrons. The normalized spacial score (nSPS) is 11.5. The second-order valence-corrected chi connectivity index (χ2v) is 7.41. The maximum Gasteiger partial charge on any atom is 0.416 e. The Hall–Kier alpha value is -3.11. The van der Waals surface area contributed by atoms with Gasteiger partial charge < -0.3 is 10.4 Å². The van der Waals surface area contributed by atoms with Crippen LogP contribution in [0.3, 0.4) is 0 Å². The van der Waals surface area contributed by atoms with Crippen molar-refractivity contribution in [1.29, 1.82) is 0 Å². The number of alkyl halides is 3. The van der Waals surface area contributed by atoms with Gasteiger partial charge in [0.05, 0.1) is 5.56 Å². The zero-order valence-corrected chi connectivity index (χ0v) is 17.5. The summed E-state index contributed by atoms with van der Waals surface area (Å²) in [6, 6.07) is 11.3. The second-order valence-electron chi connectivity index (χ2n) is 6.97. The first kappa shape index (κ1) is 23.6. The Morgan fingerprint density at radius 1 is 1.16 bits per heavy atom. The Kier molecular flexibility index (Phi) is 7.37. The molecule has 0 radical (unpaired) electrons. The molecule has 11 heteroatoms. The van der Waals surface area contributed by atoms with Crippen molar-refractivity contribution in [2.24, 2.45) is 0 Å². The summed E-state index contributed by atoms with van der Waals surface area (Å²) in [6.07, 6.45) is -4.17. The van der Waals surface area contributed by atoms with E-state index in [-0.39, 0.29) is 25.3 Å². The van der Waals surface area contributed by atoms with Crippen LogP contribution in [0.1, 0.15) is 17.5 Å². The number of carbonyl (C=O) groups excluding carboxylic acids is 1. The lowest BCUT2D eigenvalue weighted by Crippen LogP contribution is -2.33. The fraction of sp³-hybridized carbons (Fsp3) is 0.286. The van der Waals surface area contributed by atoms with Gasteiger partial charge in [-0.25, -0.2) is 9.48 Å². The zero-order valence-electron chi connectivity index (χ0n) is 16.8. The molecule has 0 aliphatic rings. The molecule has 0 aliphatic heterocycles. The van der Waals surface area contributed by atoms with Crippen molar-refractivity contribution < 1.29 is 23.1 Å². The monoisotopic (exact) mass is 468 g/mol. The molecule has 0 saturated heterocycles. The highest BCUT2D eigenvalue weighted by molar-refractivity contribution is 6.30. The number of benzene rings is 2. The number of halogens is 4. The van der Waals surface area contributed by atoms with Crippen molar-refractivity contribution in [2.75, 3.05) is 6.61 Å². The molecule has 1 aromatic heterocycles. The van der Waals surface area contributed by atoms with E-state index < -0.39 is 29.9 Å². The van der Waals surface area contributed by atoms with Crippen molar-refractivity contribution in [1.82, 2.24) is 19.7 Å². The molecule has 0 aliphatic carbocycles. The molecule has 3 aromatic rings. The number of amides is 1. The van der Waals surface area contributed by atoms with Crippen LogP contribution in [0.15, 0.2) is 53.3 Å². The molecule has 0 bridgehead atoms. The van der Waals surface area contributed by atoms with Crippen LogP contribution in [0.4, 0.5) is 13.2 Å². The lowest BCUT2D eigenvalue weighted by molar-refractivity contribution is -0.137. The van der Waals surface area contributed by atoms with E-state index in [9.17, 15) is 22.8 Å². The fourth-order valence-electron chi connectivity index (χ4n) is 3.04. The molecule has 2 N–H and O–H groups in total. The summed E-state index contributed by atoms with van der Waals surface area (Å²) in [5, 5.41) is 16.4. The highest BCUT2D eigenvalue weighted by Crippen LogP contribution is 2.29. The molecular formula is C21H20ClF3N4O3. The van der Waals surface area contributed by atoms with Crippen molar-refractivity contribution in [3.05, 3.63) is 75.2 Å². The number of carbonyl (C=O) groups is 1. The SMILES string of the molecule is O=C(Cn1nc(-c2ccc(Cl)cc2)n(CCCO)c1=O)NCc1cccc(C(F)(F)F)c1. The van der Waals surface area contributed by atoms with Gasteiger partial charge in [-0.3, -0.25) is 9.36 Å². The van der Waals surface area contributed by atoms with E-state index in [1.54, 1.807) is 24.3 Å². The maximum atomic E-state index is 12.8. The summed E-state index contributed by atoms with van der Waals surface area (Å²) in [5.74, 6) is -0.273. The highest BCUT2D eigenvalue weighted by atomic mass is 35.5. The summed E-state index contributed by atoms with van der Waals surface area (Å²) in [4.78, 5) is 25.1. The smallest absolute Gasteiger partial charge is 0.396 e. The first-order chi connectivity index (χ1) is 15.2. The minimum Gasteiger partial charge on any atom is -0.396 e. The second kappa shape index (κ2) is 10.0. The minimum atomic E-state index is -4.48. The van der Waals surface area contributed by atoms with Crippen LogP contribution in [0.2, 0.25) is 5.02 Å². The van der Waals surface area contributed by atoms with Gasteiger partial charge in [0.2, 0.25) is 5.91 Å². The molecule has 7 nitrogen and oxygen atoms in total. The van der Waals surface area contributed by atoms with E-state index >= 15 is 0 Å². The van der Waals surface area contributed by atoms with E-state index in [1.807, 2.05) is 0 Å². The molecular weight excluding hydrogens is 449 g/mol. The van der Waals surface area contributed by atoms with E-state index in [0.29, 0.717) is 22.8 Å². The van der Waals surface area contributed by atoms with Gasteiger partial charge in [-0.1, -0.05) is 23.7 Å². The zero-order chi connectivity index (χ0) is 23.3. The van der Waals surface area contributed by atoms with Crippen LogP contribution >= 0.6 is 11.6 Å². The summed E-state index contributed by atoms with van der Waals surface area (Å²) in [7, 11) is 0. The average molecular weight is 469 g/mol. The topological polar surface area (TPSA) is 89.2 Å². The van der Waals surface area contributed by atoms with Crippen molar-refractivity contribution in [3.63, 3.8) is 0 Å². The third-order valence-corrected chi connectivity index (χ3v) is 4.85. The molecule has 0 saturated carbocycles. The van der Waals surface area contributed by atoms with Gasteiger partial charge >= 0.3 is 11.9 Å². The molecule has 2 aromatic carbocycles. The molecule has 0 spiro atoms. The van der Waals surface area contributed by atoms with Crippen molar-refractivity contribution in [3.8, 4) is 11.4 Å². The van der Waals surface area contributed by atoms with E-state index in [4.69, 9.17) is 16.7 Å². The van der Waals surface area contributed by atoms with Gasteiger partial charge in [-0.15, -0.1) is 5.10 Å². The molecule has 1 heterocycles. The third-order valence-electron chi connectivity index (χ3n) is 4.60. The molecule has 0 fully saturated rings. The van der Waals surface area contributed by atoms with Gasteiger partial charge in [0.1, 0.15) is 6.54 Å². The third kappa shape index (κ3) is 5.77. The van der Waals surface area contributed by atoms with Crippen LogP contribution in [-0.2, 0) is 30.6 Å². The number of aliphatic hydroxyl groups is 1. The average Bonchev–Trinajstić information content (AvgIpc) is 3.06. The largest absolute Gasteiger partial charge is 0.416 e. The summed E-state index contributed by atoms with van der Waals surface area (Å²) in [6.45, 7) is -0.481. The standard InChI is InChI=1S/C21H20ClF3N4O3/c22-17-7-5-15(6-8-17)19-27-29(20(32)28(19)9-2-10-30)13-18(31)26-12-14-3-1-4-16(11-14)21(23,24)25/h1,3-8,11,30H,2,9-10,12-13H2,(H,26,31). The first-order valence-electron chi connectivity index (χ1n) is 9.66. The van der Waals surface area contributed by atoms with Crippen LogP contribution in [0, 0.1) is 0 Å². The first-order valence-corrected chi connectivity index (χ1v) is 10.0. The molecule has 0 unspecified atom stereocenters. The Bertz CT molecular complexity index is 1140. The number of aliphatic hydroxyl groups excluding tert-OH is 1. The number of rotatable bonds is 8. The van der Waals surface area contributed by atoms with E-state index in [1.165, 1.54) is 16.7 Å². The number of aromatic nitrogens is 3. The quantitative estimate of drug-likeness (QED) is 0.531. The predicted octanol–water partition coefficient (Wildman–Crippen LogP) is 3.08. The van der Waals surface area contributed by atoms with Crippen LogP contribution in [0.5, 0.6) is 0 Å². The predicted molar refractivity (Wildman–Crippen MR) is 112 cm³/mol. The van der Waals surface area contributed by atoms with Crippen molar-refractivity contribution >= 4 is 17.5 Å². The van der Waals surface area contributed by atoms with Gasteiger partial charge in [0, 0.05) is 30.3 Å². The van der Waals surface area contributed by atoms with E-state index in [0.717, 1.165) is 16.8 Å². The maximum absolute atomic E-state index is 12.8. The van der Waals surface area contributed by atoms with Crippen molar-refractivity contribution in [2.45, 2.75) is 32.2 Å². The Labute approximate surface area is 186 Å². The lowest BCUT2D eigenvalue weighted by atomic mass is 10.1. The Morgan fingerprint density at radius 2 is 1.88 bits per heavy atom. The minimum absolute atomic E-state index is 0.130. The van der Waals surface area contributed by atoms with Crippen LogP contribution < -0.4 is 11.0 Å². The summed E-state index contributed by atoms with van der Waals surface area (Å²) in [5.41, 5.74) is -0.475. The molecule has 3 rings (SSSR count). The van der Waals surface area contributed by atoms with E-state index in [2.05, 4.69) is 10.4 Å². The van der Waals surface area contributed by atoms with Gasteiger partial charge in [0.15, 0.2) is 5.82 Å². The highest BCUT2D eigenvalue weighted by Gasteiger charge is 2.30. The Morgan fingerprint density at radius 3 is 2.53 bits per heavy atom. The number of hydrogen-bond acceptors (Lipinski definition) is 4. The number of nitrogens with one attached hydrogen (secondary N) is 1. The number of hydrogen-bond donors (Lipinski definition) is 2. The number of nitrogens with zero attached hydrogens (tertiary/aromatic N) is 3. The summed E-state index contributed by atoms with van der Waals surface area (Å²) >= 11 is 5.91. The molecule has 1 amide bonds. The van der Waals surface area contributed by atoms with Gasteiger partial charge in [-0.05, 0) is 48.4 Å². The fourth-order valence-corrected chi connectivity index (χ4v) is 3.16. The van der Waals surface area contributed by atoms with Crippen LogP contribution in [0.25, 0.3) is 11.4 Å². The molecule has 0 atom stereocenters. The lowest BCUT2D eigenvalue weighted by Gasteiger charge is -2.09. The molecule has 32 heavy (non-hydrogen) atoms. The van der Waals surface area contributed by atoms with Gasteiger partial charge in [-0.2, -0.15) is 13.2 Å². The summed E-state index contributed by atoms with van der Waals surface area (Å²) < 4.78 is 40.8. The Balaban J connectivity index is 1.76. The van der Waals surface area contributed by atoms with Crippen LogP contribution in [-0.4, -0.2) is 32.0 Å².